The first kappa shape index (κ1) is 16.1. The van der Waals surface area contributed by atoms with Gasteiger partial charge < -0.3 is 15.1 Å². The summed E-state index contributed by atoms with van der Waals surface area (Å²) in [5.74, 6) is 2.42. The van der Waals surface area contributed by atoms with E-state index in [9.17, 15) is 5.26 Å². The molecule has 23 heavy (non-hydrogen) atoms. The van der Waals surface area contributed by atoms with Gasteiger partial charge in [0.1, 0.15) is 17.7 Å². The van der Waals surface area contributed by atoms with Crippen LogP contribution in [0, 0.1) is 17.2 Å². The molecule has 0 unspecified atom stereocenters. The molecular weight excluding hydrogens is 286 g/mol. The second kappa shape index (κ2) is 6.76. The van der Waals surface area contributed by atoms with Crippen molar-refractivity contribution in [1.82, 2.24) is 9.88 Å². The molecule has 5 heteroatoms. The van der Waals surface area contributed by atoms with E-state index in [2.05, 4.69) is 42.1 Å². The molecule has 1 aromatic rings. The van der Waals surface area contributed by atoms with Crippen LogP contribution in [0.25, 0.3) is 0 Å². The molecule has 0 amide bonds. The smallest absolute Gasteiger partial charge is 0.146 e. The average Bonchev–Trinajstić information content (AvgIpc) is 3.05. The third-order valence-electron chi connectivity index (χ3n) is 4.76. The van der Waals surface area contributed by atoms with Crippen molar-refractivity contribution in [3.05, 3.63) is 16.7 Å². The summed E-state index contributed by atoms with van der Waals surface area (Å²) in [6.07, 6.45) is 3.41. The van der Waals surface area contributed by atoms with E-state index in [0.717, 1.165) is 56.3 Å². The normalized spacial score (nSPS) is 18.1. The fourth-order valence-electron chi connectivity index (χ4n) is 3.49. The van der Waals surface area contributed by atoms with Gasteiger partial charge in [-0.25, -0.2) is 4.98 Å². The lowest BCUT2D eigenvalue weighted by atomic mass is 9.95. The van der Waals surface area contributed by atoms with E-state index in [1.807, 2.05) is 0 Å². The Morgan fingerprint density at radius 2 is 1.96 bits per heavy atom. The Bertz CT molecular complexity index is 611. The van der Waals surface area contributed by atoms with Crippen molar-refractivity contribution in [3.63, 3.8) is 0 Å². The number of likely N-dealkylation sites (N-methyl/N-ethyl adjacent to an activating group) is 1. The van der Waals surface area contributed by atoms with Crippen molar-refractivity contribution in [3.8, 4) is 6.07 Å². The zero-order chi connectivity index (χ0) is 16.4. The molecule has 2 aliphatic rings. The van der Waals surface area contributed by atoms with Crippen molar-refractivity contribution in [2.45, 2.75) is 39.7 Å². The quantitative estimate of drug-likeness (QED) is 0.926. The van der Waals surface area contributed by atoms with E-state index < -0.39 is 0 Å². The zero-order valence-corrected chi connectivity index (χ0v) is 14.5. The highest BCUT2D eigenvalue weighted by Crippen LogP contribution is 2.34. The first-order valence-electron chi connectivity index (χ1n) is 8.73. The largest absolute Gasteiger partial charge is 0.369 e. The van der Waals surface area contributed by atoms with E-state index >= 15 is 0 Å². The highest BCUT2D eigenvalue weighted by Gasteiger charge is 2.27. The first-order valence-corrected chi connectivity index (χ1v) is 8.73. The molecular formula is C18H27N5. The summed E-state index contributed by atoms with van der Waals surface area (Å²) >= 11 is 0. The molecule has 1 saturated heterocycles. The maximum Gasteiger partial charge on any atom is 0.146 e. The maximum atomic E-state index is 9.70. The summed E-state index contributed by atoms with van der Waals surface area (Å²) in [6.45, 7) is 9.26. The predicted octanol–water partition coefficient (Wildman–Crippen LogP) is 2.61. The molecule has 0 saturated carbocycles. The number of nitrogens with one attached hydrogen (secondary N) is 1. The van der Waals surface area contributed by atoms with Gasteiger partial charge in [0.05, 0.1) is 5.56 Å². The van der Waals surface area contributed by atoms with Crippen LogP contribution in [0.5, 0.6) is 0 Å². The van der Waals surface area contributed by atoms with E-state index in [4.69, 9.17) is 4.98 Å². The number of anilines is 2. The topological polar surface area (TPSA) is 55.2 Å². The standard InChI is InChI=1S/C18H27N5/c1-13(2)11-20-17-15(10-19)14-6-9-22(3)12-16(14)18(21-17)23-7-4-5-8-23/h13H,4-9,11-12H2,1-3H3,(H,20,21). The SMILES string of the molecule is CC(C)CNc1nc(N2CCCC2)c2c(c1C#N)CCN(C)C2. The van der Waals surface area contributed by atoms with Crippen LogP contribution in [-0.2, 0) is 13.0 Å². The molecule has 0 spiro atoms. The molecule has 0 radical (unpaired) electrons. The van der Waals surface area contributed by atoms with Gasteiger partial charge in [0, 0.05) is 38.3 Å². The lowest BCUT2D eigenvalue weighted by molar-refractivity contribution is 0.312. The molecule has 124 valence electrons. The third kappa shape index (κ3) is 3.28. The molecule has 2 aliphatic heterocycles. The van der Waals surface area contributed by atoms with Crippen LogP contribution in [0.1, 0.15) is 43.4 Å². The zero-order valence-electron chi connectivity index (χ0n) is 14.5. The monoisotopic (exact) mass is 313 g/mol. The fourth-order valence-corrected chi connectivity index (χ4v) is 3.49. The van der Waals surface area contributed by atoms with Crippen molar-refractivity contribution in [1.29, 1.82) is 5.26 Å². The van der Waals surface area contributed by atoms with Crippen LogP contribution >= 0.6 is 0 Å². The molecule has 1 fully saturated rings. The molecule has 1 aromatic heterocycles. The van der Waals surface area contributed by atoms with E-state index in [-0.39, 0.29) is 0 Å². The number of hydrogen-bond donors (Lipinski definition) is 1. The van der Waals surface area contributed by atoms with Crippen molar-refractivity contribution >= 4 is 11.6 Å². The van der Waals surface area contributed by atoms with Gasteiger partial charge >= 0.3 is 0 Å². The summed E-state index contributed by atoms with van der Waals surface area (Å²) in [6, 6.07) is 2.42. The summed E-state index contributed by atoms with van der Waals surface area (Å²) in [4.78, 5) is 9.64. The number of aromatic nitrogens is 1. The van der Waals surface area contributed by atoms with Crippen LogP contribution < -0.4 is 10.2 Å². The predicted molar refractivity (Wildman–Crippen MR) is 93.8 cm³/mol. The van der Waals surface area contributed by atoms with Gasteiger partial charge in [-0.2, -0.15) is 5.26 Å². The van der Waals surface area contributed by atoms with Crippen molar-refractivity contribution in [2.24, 2.45) is 5.92 Å². The van der Waals surface area contributed by atoms with Crippen LogP contribution in [0.15, 0.2) is 0 Å². The Balaban J connectivity index is 2.06. The lowest BCUT2D eigenvalue weighted by Gasteiger charge is -2.31. The molecule has 1 N–H and O–H groups in total. The fraction of sp³-hybridized carbons (Fsp3) is 0.667. The molecule has 3 rings (SSSR count). The van der Waals surface area contributed by atoms with Crippen LogP contribution in [0.3, 0.4) is 0 Å². The van der Waals surface area contributed by atoms with Gasteiger partial charge in [-0.1, -0.05) is 13.8 Å². The minimum atomic E-state index is 0.528. The van der Waals surface area contributed by atoms with E-state index in [1.54, 1.807) is 0 Å². The second-order valence-corrected chi connectivity index (χ2v) is 7.18. The van der Waals surface area contributed by atoms with Crippen molar-refractivity contribution in [2.75, 3.05) is 43.4 Å². The Morgan fingerprint density at radius 3 is 2.61 bits per heavy atom. The number of hydrogen-bond acceptors (Lipinski definition) is 5. The van der Waals surface area contributed by atoms with Gasteiger partial charge in [-0.05, 0) is 37.8 Å². The Kier molecular flexibility index (Phi) is 4.72. The van der Waals surface area contributed by atoms with Gasteiger partial charge in [0.25, 0.3) is 0 Å². The molecule has 3 heterocycles. The Labute approximate surface area is 139 Å². The van der Waals surface area contributed by atoms with E-state index in [1.165, 1.54) is 24.0 Å². The Morgan fingerprint density at radius 1 is 1.22 bits per heavy atom. The summed E-state index contributed by atoms with van der Waals surface area (Å²) < 4.78 is 0. The number of nitriles is 1. The Hall–Kier alpha value is -1.80. The molecule has 0 aliphatic carbocycles. The van der Waals surface area contributed by atoms with Gasteiger partial charge in [-0.15, -0.1) is 0 Å². The maximum absolute atomic E-state index is 9.70. The first-order chi connectivity index (χ1) is 11.1. The minimum Gasteiger partial charge on any atom is -0.369 e. The second-order valence-electron chi connectivity index (χ2n) is 7.18. The molecule has 0 atom stereocenters. The molecule has 5 nitrogen and oxygen atoms in total. The van der Waals surface area contributed by atoms with Crippen molar-refractivity contribution < 1.29 is 0 Å². The van der Waals surface area contributed by atoms with Crippen LogP contribution in [0.4, 0.5) is 11.6 Å². The number of rotatable bonds is 4. The number of fused-ring (bicyclic) bond motifs is 1. The van der Waals surface area contributed by atoms with E-state index in [0.29, 0.717) is 5.92 Å². The summed E-state index contributed by atoms with van der Waals surface area (Å²) in [5.41, 5.74) is 3.25. The van der Waals surface area contributed by atoms with Gasteiger partial charge in [0.15, 0.2) is 0 Å². The lowest BCUT2D eigenvalue weighted by Crippen LogP contribution is -2.31. The van der Waals surface area contributed by atoms with Gasteiger partial charge in [-0.3, -0.25) is 0 Å². The summed E-state index contributed by atoms with van der Waals surface area (Å²) in [7, 11) is 2.15. The molecule has 0 bridgehead atoms. The number of nitrogens with zero attached hydrogens (tertiary/aromatic N) is 4. The highest BCUT2D eigenvalue weighted by molar-refractivity contribution is 5.67. The highest BCUT2D eigenvalue weighted by atomic mass is 15.2. The number of pyridine rings is 1. The minimum absolute atomic E-state index is 0.528. The van der Waals surface area contributed by atoms with Crippen LogP contribution in [0.2, 0.25) is 0 Å². The summed E-state index contributed by atoms with van der Waals surface area (Å²) in [5, 5.41) is 13.1. The molecule has 0 aromatic carbocycles. The van der Waals surface area contributed by atoms with Crippen LogP contribution in [-0.4, -0.2) is 43.1 Å². The third-order valence-corrected chi connectivity index (χ3v) is 4.76. The van der Waals surface area contributed by atoms with Gasteiger partial charge in [0.2, 0.25) is 0 Å². The average molecular weight is 313 g/mol.